The number of carboxylic acids is 1. The second kappa shape index (κ2) is 5.00. The van der Waals surface area contributed by atoms with E-state index in [1.807, 2.05) is 6.07 Å². The van der Waals surface area contributed by atoms with Crippen molar-refractivity contribution in [2.24, 2.45) is 0 Å². The molecule has 2 rings (SSSR count). The summed E-state index contributed by atoms with van der Waals surface area (Å²) in [7, 11) is 0. The number of rotatable bonds is 4. The minimum absolute atomic E-state index is 0.214. The smallest absolute Gasteiger partial charge is 0.374 e. The molecule has 0 radical (unpaired) electrons. The summed E-state index contributed by atoms with van der Waals surface area (Å²) in [6.07, 6.45) is -0.607. The molecule has 0 aliphatic rings. The Labute approximate surface area is 103 Å². The summed E-state index contributed by atoms with van der Waals surface area (Å²) in [5, 5.41) is 12.4. The summed E-state index contributed by atoms with van der Waals surface area (Å²) >= 11 is 0. The van der Waals surface area contributed by atoms with E-state index < -0.39 is 12.1 Å². The van der Waals surface area contributed by atoms with Gasteiger partial charge in [0.2, 0.25) is 5.76 Å². The van der Waals surface area contributed by atoms with Crippen molar-refractivity contribution in [2.45, 2.75) is 19.5 Å². The molecule has 0 fully saturated rings. The Balaban J connectivity index is 2.29. The van der Waals surface area contributed by atoms with E-state index >= 15 is 0 Å². The maximum Gasteiger partial charge on any atom is 0.374 e. The lowest BCUT2D eigenvalue weighted by Crippen LogP contribution is -1.98. The zero-order valence-corrected chi connectivity index (χ0v) is 9.76. The van der Waals surface area contributed by atoms with Crippen LogP contribution in [0, 0.1) is 0 Å². The van der Waals surface area contributed by atoms with E-state index in [0.717, 1.165) is 5.56 Å². The normalized spacial score (nSPS) is 12.3. The lowest BCUT2D eigenvalue weighted by atomic mass is 10.0. The first-order valence-electron chi connectivity index (χ1n) is 5.49. The van der Waals surface area contributed by atoms with Crippen LogP contribution in [0.3, 0.4) is 0 Å². The molecule has 4 nitrogen and oxygen atoms in total. The number of carboxylic acid groups (broad SMARTS) is 1. The molecular weight excluding hydrogens is 237 g/mol. The molecular formula is C13H12FNO3. The van der Waals surface area contributed by atoms with Gasteiger partial charge in [-0.05, 0) is 18.6 Å². The summed E-state index contributed by atoms with van der Waals surface area (Å²) in [5.41, 5.74) is 1.98. The third-order valence-electron chi connectivity index (χ3n) is 2.46. The van der Waals surface area contributed by atoms with E-state index in [1.54, 1.807) is 18.2 Å². The number of halogens is 1. The van der Waals surface area contributed by atoms with Gasteiger partial charge < -0.3 is 9.63 Å². The SMILES string of the molecule is CC(F)Cc1cccc(-c2cc(C(=O)O)on2)c1. The molecule has 5 heteroatoms. The van der Waals surface area contributed by atoms with Crippen molar-refractivity contribution < 1.29 is 18.8 Å². The number of aromatic carboxylic acids is 1. The van der Waals surface area contributed by atoms with Crippen molar-refractivity contribution in [3.05, 3.63) is 41.7 Å². The first-order valence-corrected chi connectivity index (χ1v) is 5.49. The van der Waals surface area contributed by atoms with Crippen molar-refractivity contribution in [1.82, 2.24) is 5.16 Å². The maximum absolute atomic E-state index is 12.9. The van der Waals surface area contributed by atoms with Crippen molar-refractivity contribution in [3.63, 3.8) is 0 Å². The minimum atomic E-state index is -1.16. The van der Waals surface area contributed by atoms with Gasteiger partial charge in [-0.15, -0.1) is 0 Å². The molecule has 1 unspecified atom stereocenters. The third-order valence-corrected chi connectivity index (χ3v) is 2.46. The summed E-state index contributed by atoms with van der Waals surface area (Å²) in [4.78, 5) is 10.7. The first kappa shape index (κ1) is 12.3. The van der Waals surface area contributed by atoms with Crippen LogP contribution in [-0.4, -0.2) is 22.4 Å². The van der Waals surface area contributed by atoms with Gasteiger partial charge in [-0.1, -0.05) is 23.4 Å². The van der Waals surface area contributed by atoms with Crippen molar-refractivity contribution in [3.8, 4) is 11.3 Å². The Hall–Kier alpha value is -2.17. The Morgan fingerprint density at radius 1 is 1.50 bits per heavy atom. The molecule has 0 aliphatic heterocycles. The van der Waals surface area contributed by atoms with E-state index in [2.05, 4.69) is 9.68 Å². The van der Waals surface area contributed by atoms with Gasteiger partial charge in [0.15, 0.2) is 0 Å². The summed E-state index contributed by atoms with van der Waals surface area (Å²) in [6, 6.07) is 8.50. The van der Waals surface area contributed by atoms with Crippen LogP contribution in [0.25, 0.3) is 11.3 Å². The fraction of sp³-hybridized carbons (Fsp3) is 0.231. The topological polar surface area (TPSA) is 63.3 Å². The third kappa shape index (κ3) is 2.74. The molecule has 1 atom stereocenters. The quantitative estimate of drug-likeness (QED) is 0.904. The lowest BCUT2D eigenvalue weighted by molar-refractivity contribution is 0.0652. The highest BCUT2D eigenvalue weighted by Crippen LogP contribution is 2.21. The standard InChI is InChI=1S/C13H12FNO3/c1-8(14)5-9-3-2-4-10(6-9)11-7-12(13(16)17)18-15-11/h2-4,6-8H,5H2,1H3,(H,16,17). The number of aromatic nitrogens is 1. The Morgan fingerprint density at radius 2 is 2.28 bits per heavy atom. The van der Waals surface area contributed by atoms with E-state index in [1.165, 1.54) is 13.0 Å². The number of hydrogen-bond donors (Lipinski definition) is 1. The van der Waals surface area contributed by atoms with Gasteiger partial charge in [-0.25, -0.2) is 9.18 Å². The van der Waals surface area contributed by atoms with Gasteiger partial charge in [0.25, 0.3) is 0 Å². The van der Waals surface area contributed by atoms with Crippen LogP contribution in [-0.2, 0) is 6.42 Å². The zero-order chi connectivity index (χ0) is 13.1. The van der Waals surface area contributed by atoms with Crippen LogP contribution >= 0.6 is 0 Å². The van der Waals surface area contributed by atoms with Crippen molar-refractivity contribution in [1.29, 1.82) is 0 Å². The van der Waals surface area contributed by atoms with Gasteiger partial charge in [0.1, 0.15) is 11.9 Å². The van der Waals surface area contributed by atoms with Gasteiger partial charge in [-0.3, -0.25) is 0 Å². The van der Waals surface area contributed by atoms with Crippen LogP contribution in [0.2, 0.25) is 0 Å². The molecule has 0 saturated carbocycles. The number of alkyl halides is 1. The van der Waals surface area contributed by atoms with Crippen LogP contribution < -0.4 is 0 Å². The largest absolute Gasteiger partial charge is 0.475 e. The van der Waals surface area contributed by atoms with E-state index in [0.29, 0.717) is 17.7 Å². The summed E-state index contributed by atoms with van der Waals surface area (Å²) < 4.78 is 17.6. The molecule has 1 heterocycles. The molecule has 2 aromatic rings. The molecule has 18 heavy (non-hydrogen) atoms. The Kier molecular flexibility index (Phi) is 3.41. The highest BCUT2D eigenvalue weighted by molar-refractivity contribution is 5.85. The molecule has 1 aromatic carbocycles. The molecule has 1 aromatic heterocycles. The molecule has 94 valence electrons. The van der Waals surface area contributed by atoms with Crippen molar-refractivity contribution in [2.75, 3.05) is 0 Å². The average molecular weight is 249 g/mol. The highest BCUT2D eigenvalue weighted by Gasteiger charge is 2.12. The predicted octanol–water partition coefficient (Wildman–Crippen LogP) is 2.94. The molecule has 0 spiro atoms. The van der Waals surface area contributed by atoms with E-state index in [-0.39, 0.29) is 5.76 Å². The van der Waals surface area contributed by atoms with Crippen LogP contribution in [0.5, 0.6) is 0 Å². The number of carbonyl (C=O) groups is 1. The van der Waals surface area contributed by atoms with Crippen LogP contribution in [0.1, 0.15) is 23.0 Å². The molecule has 0 saturated heterocycles. The van der Waals surface area contributed by atoms with Gasteiger partial charge in [-0.2, -0.15) is 0 Å². The second-order valence-corrected chi connectivity index (χ2v) is 4.07. The minimum Gasteiger partial charge on any atom is -0.475 e. The van der Waals surface area contributed by atoms with Gasteiger partial charge >= 0.3 is 5.97 Å². The molecule has 0 aliphatic carbocycles. The Bertz CT molecular complexity index is 563. The van der Waals surface area contributed by atoms with Gasteiger partial charge in [0, 0.05) is 18.1 Å². The molecule has 0 bridgehead atoms. The number of benzene rings is 1. The van der Waals surface area contributed by atoms with Gasteiger partial charge in [0.05, 0.1) is 0 Å². The fourth-order valence-corrected chi connectivity index (χ4v) is 1.69. The first-order chi connectivity index (χ1) is 8.56. The highest BCUT2D eigenvalue weighted by atomic mass is 19.1. The second-order valence-electron chi connectivity index (χ2n) is 4.07. The van der Waals surface area contributed by atoms with E-state index in [9.17, 15) is 9.18 Å². The fourth-order valence-electron chi connectivity index (χ4n) is 1.69. The van der Waals surface area contributed by atoms with E-state index in [4.69, 9.17) is 5.11 Å². The maximum atomic E-state index is 12.9. The number of hydrogen-bond acceptors (Lipinski definition) is 3. The van der Waals surface area contributed by atoms with Crippen LogP contribution in [0.15, 0.2) is 34.9 Å². The molecule has 0 amide bonds. The predicted molar refractivity (Wildman–Crippen MR) is 63.2 cm³/mol. The Morgan fingerprint density at radius 3 is 2.89 bits per heavy atom. The number of nitrogens with zero attached hydrogens (tertiary/aromatic N) is 1. The van der Waals surface area contributed by atoms with Crippen LogP contribution in [0.4, 0.5) is 4.39 Å². The molecule has 1 N–H and O–H groups in total. The lowest BCUT2D eigenvalue weighted by Gasteiger charge is -2.03. The van der Waals surface area contributed by atoms with Crippen molar-refractivity contribution >= 4 is 5.97 Å². The summed E-state index contributed by atoms with van der Waals surface area (Å²) in [6.45, 7) is 1.49. The zero-order valence-electron chi connectivity index (χ0n) is 9.76. The average Bonchev–Trinajstić information content (AvgIpc) is 2.77. The summed E-state index contributed by atoms with van der Waals surface area (Å²) in [5.74, 6) is -1.38. The monoisotopic (exact) mass is 249 g/mol.